The number of nitrogens with zero attached hydrogens (tertiary/aromatic N) is 2. The number of nitrogens with one attached hydrogen (secondary N) is 3. The van der Waals surface area contributed by atoms with Crippen molar-refractivity contribution in [3.8, 4) is 5.75 Å². The van der Waals surface area contributed by atoms with E-state index in [4.69, 9.17) is 9.47 Å². The Labute approximate surface area is 237 Å². The summed E-state index contributed by atoms with van der Waals surface area (Å²) in [5.41, 5.74) is 5.89. The zero-order chi connectivity index (χ0) is 28.3. The second-order valence-electron chi connectivity index (χ2n) is 9.27. The van der Waals surface area contributed by atoms with Gasteiger partial charge in [-0.25, -0.2) is 15.2 Å². The normalized spacial score (nSPS) is 11.7. The van der Waals surface area contributed by atoms with Crippen LogP contribution in [0.4, 0.5) is 4.79 Å². The fourth-order valence-electron chi connectivity index (χ4n) is 4.21. The van der Waals surface area contributed by atoms with E-state index in [-0.39, 0.29) is 13.0 Å². The number of hydrogen-bond donors (Lipinski definition) is 3. The smallest absolute Gasteiger partial charge is 0.408 e. The van der Waals surface area contributed by atoms with Crippen LogP contribution in [0.15, 0.2) is 115 Å². The van der Waals surface area contributed by atoms with Crippen LogP contribution >= 0.6 is 0 Å². The Morgan fingerprint density at radius 3 is 2.49 bits per heavy atom. The molecule has 0 spiro atoms. The quantitative estimate of drug-likeness (QED) is 0.157. The third-order valence-corrected chi connectivity index (χ3v) is 6.34. The summed E-state index contributed by atoms with van der Waals surface area (Å²) in [5.74, 6) is 0.222. The minimum Gasteiger partial charge on any atom is -0.489 e. The first kappa shape index (κ1) is 27.1. The molecule has 41 heavy (non-hydrogen) atoms. The molecule has 0 saturated carbocycles. The van der Waals surface area contributed by atoms with Crippen molar-refractivity contribution in [1.29, 1.82) is 0 Å². The number of benzene rings is 4. The molecule has 0 bridgehead atoms. The number of imidazole rings is 1. The van der Waals surface area contributed by atoms with Crippen molar-refractivity contribution in [3.05, 3.63) is 132 Å². The van der Waals surface area contributed by atoms with Crippen molar-refractivity contribution >= 4 is 29.0 Å². The van der Waals surface area contributed by atoms with E-state index in [0.717, 1.165) is 22.4 Å². The Balaban J connectivity index is 1.14. The van der Waals surface area contributed by atoms with Gasteiger partial charge in [0.25, 0.3) is 5.91 Å². The Kier molecular flexibility index (Phi) is 8.98. The molecule has 0 saturated heterocycles. The number of ether oxygens (including phenoxy) is 2. The van der Waals surface area contributed by atoms with Crippen LogP contribution in [0.3, 0.4) is 0 Å². The van der Waals surface area contributed by atoms with Gasteiger partial charge < -0.3 is 19.8 Å². The van der Waals surface area contributed by atoms with Crippen LogP contribution in [-0.4, -0.2) is 34.2 Å². The molecular formula is C32H29N5O4. The van der Waals surface area contributed by atoms with Crippen LogP contribution < -0.4 is 15.5 Å². The number of hydrazone groups is 1. The Bertz CT molecular complexity index is 1600. The van der Waals surface area contributed by atoms with Gasteiger partial charge in [0, 0.05) is 18.3 Å². The van der Waals surface area contributed by atoms with E-state index in [1.54, 1.807) is 6.20 Å². The molecule has 5 rings (SSSR count). The average Bonchev–Trinajstić information content (AvgIpc) is 3.53. The summed E-state index contributed by atoms with van der Waals surface area (Å²) in [6, 6.07) is 30.1. The van der Waals surface area contributed by atoms with Crippen molar-refractivity contribution in [2.24, 2.45) is 5.10 Å². The average molecular weight is 548 g/mol. The van der Waals surface area contributed by atoms with Crippen LogP contribution in [0.25, 0.3) is 10.8 Å². The fourth-order valence-corrected chi connectivity index (χ4v) is 4.21. The molecule has 206 valence electrons. The van der Waals surface area contributed by atoms with Crippen molar-refractivity contribution < 1.29 is 19.1 Å². The Morgan fingerprint density at radius 1 is 0.902 bits per heavy atom. The van der Waals surface area contributed by atoms with Crippen LogP contribution in [0, 0.1) is 0 Å². The van der Waals surface area contributed by atoms with Gasteiger partial charge in [-0.2, -0.15) is 5.10 Å². The summed E-state index contributed by atoms with van der Waals surface area (Å²) in [5, 5.41) is 9.02. The lowest BCUT2D eigenvalue weighted by Gasteiger charge is -2.16. The molecule has 5 aromatic rings. The topological polar surface area (TPSA) is 118 Å². The number of hydrogen-bond acceptors (Lipinski definition) is 6. The minimum absolute atomic E-state index is 0.0882. The van der Waals surface area contributed by atoms with Gasteiger partial charge in [0.2, 0.25) is 0 Å². The third-order valence-electron chi connectivity index (χ3n) is 6.34. The van der Waals surface area contributed by atoms with Gasteiger partial charge in [-0.15, -0.1) is 0 Å². The number of H-pyrrole nitrogens is 1. The third kappa shape index (κ3) is 7.79. The van der Waals surface area contributed by atoms with Gasteiger partial charge >= 0.3 is 6.09 Å². The van der Waals surface area contributed by atoms with E-state index in [1.807, 2.05) is 72.8 Å². The number of rotatable bonds is 11. The summed E-state index contributed by atoms with van der Waals surface area (Å²) in [6.07, 6.45) is 4.09. The van der Waals surface area contributed by atoms with Crippen molar-refractivity contribution in [1.82, 2.24) is 20.7 Å². The maximum atomic E-state index is 12.9. The van der Waals surface area contributed by atoms with Gasteiger partial charge in [-0.05, 0) is 51.7 Å². The summed E-state index contributed by atoms with van der Waals surface area (Å²) in [6.45, 7) is 0.536. The highest BCUT2D eigenvalue weighted by Crippen LogP contribution is 2.21. The predicted molar refractivity (Wildman–Crippen MR) is 156 cm³/mol. The highest BCUT2D eigenvalue weighted by Gasteiger charge is 2.22. The van der Waals surface area contributed by atoms with Crippen LogP contribution in [0.2, 0.25) is 0 Å². The predicted octanol–water partition coefficient (Wildman–Crippen LogP) is 5.13. The molecule has 0 aliphatic rings. The van der Waals surface area contributed by atoms with Crippen LogP contribution in [0.5, 0.6) is 5.75 Å². The number of carbonyl (C=O) groups is 2. The monoisotopic (exact) mass is 547 g/mol. The molecule has 1 atom stereocenters. The number of carbonyl (C=O) groups excluding carboxylic acids is 2. The summed E-state index contributed by atoms with van der Waals surface area (Å²) >= 11 is 0. The van der Waals surface area contributed by atoms with Crippen molar-refractivity contribution in [2.75, 3.05) is 0 Å². The molecule has 0 unspecified atom stereocenters. The maximum absolute atomic E-state index is 12.9. The standard InChI is InChI=1S/C32H29N5O4/c38-31(30(17-27-19-33-22-34-27)36-32(39)41-20-24-7-2-1-3-8-24)37-35-18-23-13-15-28(16-14-23)40-21-26-11-6-10-25-9-4-5-12-29(25)26/h1-16,18-19,22,30H,17,20-21H2,(H,33,34)(H,36,39)(H,37,38)/b35-18-/t30-/m0/s1. The molecule has 0 aliphatic heterocycles. The van der Waals surface area contributed by atoms with E-state index in [9.17, 15) is 9.59 Å². The molecule has 9 nitrogen and oxygen atoms in total. The SMILES string of the molecule is O=C(N[C@@H](Cc1cnc[nH]1)C(=O)N/N=C\c1ccc(OCc2cccc3ccccc23)cc1)OCc1ccccc1. The highest BCUT2D eigenvalue weighted by atomic mass is 16.5. The first-order valence-electron chi connectivity index (χ1n) is 13.1. The second-order valence-corrected chi connectivity index (χ2v) is 9.27. The number of fused-ring (bicyclic) bond motifs is 1. The summed E-state index contributed by atoms with van der Waals surface area (Å²) < 4.78 is 11.3. The van der Waals surface area contributed by atoms with E-state index >= 15 is 0 Å². The highest BCUT2D eigenvalue weighted by molar-refractivity contribution is 5.88. The summed E-state index contributed by atoms with van der Waals surface area (Å²) in [4.78, 5) is 32.2. The lowest BCUT2D eigenvalue weighted by atomic mass is 10.1. The number of amides is 2. The van der Waals surface area contributed by atoms with E-state index in [1.165, 1.54) is 23.3 Å². The lowest BCUT2D eigenvalue weighted by Crippen LogP contribution is -2.47. The molecule has 1 heterocycles. The van der Waals surface area contributed by atoms with Gasteiger partial charge in [0.1, 0.15) is 25.0 Å². The van der Waals surface area contributed by atoms with Gasteiger partial charge in [0.05, 0.1) is 12.5 Å². The number of aromatic nitrogens is 2. The molecule has 3 N–H and O–H groups in total. The zero-order valence-electron chi connectivity index (χ0n) is 22.2. The minimum atomic E-state index is -0.930. The molecule has 9 heteroatoms. The number of aromatic amines is 1. The Morgan fingerprint density at radius 2 is 1.68 bits per heavy atom. The van der Waals surface area contributed by atoms with Crippen LogP contribution in [0.1, 0.15) is 22.4 Å². The first-order chi connectivity index (χ1) is 20.1. The van der Waals surface area contributed by atoms with E-state index < -0.39 is 18.0 Å². The van der Waals surface area contributed by atoms with Gasteiger partial charge in [0.15, 0.2) is 0 Å². The Hall–Kier alpha value is -5.44. The molecule has 1 aromatic heterocycles. The number of alkyl carbamates (subject to hydrolysis) is 1. The lowest BCUT2D eigenvalue weighted by molar-refractivity contribution is -0.123. The van der Waals surface area contributed by atoms with Gasteiger partial charge in [-0.3, -0.25) is 4.79 Å². The second kappa shape index (κ2) is 13.6. The molecule has 0 radical (unpaired) electrons. The zero-order valence-corrected chi connectivity index (χ0v) is 22.2. The van der Waals surface area contributed by atoms with Crippen molar-refractivity contribution in [2.45, 2.75) is 25.7 Å². The fraction of sp³-hybridized carbons (Fsp3) is 0.125. The van der Waals surface area contributed by atoms with Crippen LogP contribution in [-0.2, 0) is 29.2 Å². The molecule has 0 aliphatic carbocycles. The summed E-state index contributed by atoms with van der Waals surface area (Å²) in [7, 11) is 0. The van der Waals surface area contributed by atoms with E-state index in [2.05, 4.69) is 50.1 Å². The molecule has 4 aromatic carbocycles. The largest absolute Gasteiger partial charge is 0.489 e. The molecule has 0 fully saturated rings. The van der Waals surface area contributed by atoms with Crippen molar-refractivity contribution in [3.63, 3.8) is 0 Å². The molecule has 2 amide bonds. The first-order valence-corrected chi connectivity index (χ1v) is 13.1. The van der Waals surface area contributed by atoms with Gasteiger partial charge in [-0.1, -0.05) is 72.8 Å². The van der Waals surface area contributed by atoms with E-state index in [0.29, 0.717) is 12.3 Å². The molecular weight excluding hydrogens is 518 g/mol. The maximum Gasteiger partial charge on any atom is 0.408 e.